The number of alkyl carbamates (subject to hydrolysis) is 1. The molecular weight excluding hydrogens is 362 g/mol. The Hall–Kier alpha value is -1.27. The summed E-state index contributed by atoms with van der Waals surface area (Å²) in [7, 11) is 0. The maximum absolute atomic E-state index is 11.7. The molecule has 0 saturated heterocycles. The van der Waals surface area contributed by atoms with Crippen LogP contribution in [0.5, 0.6) is 0 Å². The first-order valence-corrected chi connectivity index (χ1v) is 7.42. The van der Waals surface area contributed by atoms with Crippen molar-refractivity contribution < 1.29 is 19.4 Å². The van der Waals surface area contributed by atoms with Crippen molar-refractivity contribution in [2.24, 2.45) is 0 Å². The van der Waals surface area contributed by atoms with Crippen LogP contribution in [0.15, 0.2) is 22.7 Å². The van der Waals surface area contributed by atoms with Crippen LogP contribution < -0.4 is 5.32 Å². The molecule has 0 aliphatic carbocycles. The number of aliphatic carboxylic acids is 1. The van der Waals surface area contributed by atoms with Gasteiger partial charge < -0.3 is 15.2 Å². The third-order valence-electron chi connectivity index (χ3n) is 2.43. The molecule has 0 bridgehead atoms. The van der Waals surface area contributed by atoms with Crippen LogP contribution in [0.25, 0.3) is 0 Å². The molecule has 0 fully saturated rings. The van der Waals surface area contributed by atoms with Crippen molar-refractivity contribution in [1.29, 1.82) is 0 Å². The zero-order chi connectivity index (χ0) is 16.2. The van der Waals surface area contributed by atoms with Gasteiger partial charge in [-0.3, -0.25) is 0 Å². The van der Waals surface area contributed by atoms with Crippen molar-refractivity contribution in [2.75, 3.05) is 0 Å². The number of ether oxygens (including phenoxy) is 1. The first-order valence-electron chi connectivity index (χ1n) is 6.25. The zero-order valence-electron chi connectivity index (χ0n) is 11.9. The van der Waals surface area contributed by atoms with Crippen molar-refractivity contribution in [3.8, 4) is 0 Å². The number of carboxylic acid groups (broad SMARTS) is 1. The Morgan fingerprint density at radius 1 is 1.43 bits per heavy atom. The van der Waals surface area contributed by atoms with E-state index in [4.69, 9.17) is 16.3 Å². The van der Waals surface area contributed by atoms with Gasteiger partial charge in [-0.25, -0.2) is 9.59 Å². The molecule has 0 spiro atoms. The highest BCUT2D eigenvalue weighted by atomic mass is 79.9. The summed E-state index contributed by atoms with van der Waals surface area (Å²) < 4.78 is 5.75. The third-order valence-corrected chi connectivity index (χ3v) is 3.40. The number of hydrogen-bond acceptors (Lipinski definition) is 3. The van der Waals surface area contributed by atoms with E-state index in [0.717, 1.165) is 5.56 Å². The van der Waals surface area contributed by atoms with E-state index in [-0.39, 0.29) is 6.42 Å². The van der Waals surface area contributed by atoms with Crippen LogP contribution in [-0.4, -0.2) is 28.8 Å². The van der Waals surface area contributed by atoms with E-state index >= 15 is 0 Å². The average Bonchev–Trinajstić information content (AvgIpc) is 2.28. The third kappa shape index (κ3) is 6.35. The summed E-state index contributed by atoms with van der Waals surface area (Å²) in [6.07, 6.45) is -0.647. The predicted octanol–water partition coefficient (Wildman–Crippen LogP) is 3.62. The quantitative estimate of drug-likeness (QED) is 0.839. The highest BCUT2D eigenvalue weighted by molar-refractivity contribution is 9.10. The summed E-state index contributed by atoms with van der Waals surface area (Å²) in [5.41, 5.74) is 0.0384. The van der Waals surface area contributed by atoms with Gasteiger partial charge in [0.25, 0.3) is 0 Å². The Bertz CT molecular complexity index is 542. The lowest BCUT2D eigenvalue weighted by Gasteiger charge is -2.22. The second kappa shape index (κ2) is 7.13. The molecule has 5 nitrogen and oxygen atoms in total. The predicted molar refractivity (Wildman–Crippen MR) is 83.6 cm³/mol. The van der Waals surface area contributed by atoms with Crippen molar-refractivity contribution >= 4 is 39.6 Å². The van der Waals surface area contributed by atoms with E-state index in [1.54, 1.807) is 39.0 Å². The molecule has 116 valence electrons. The normalized spacial score (nSPS) is 12.6. The molecule has 2 N–H and O–H groups in total. The second-order valence-corrected chi connectivity index (χ2v) is 6.77. The van der Waals surface area contributed by atoms with E-state index in [1.807, 2.05) is 0 Å². The molecule has 7 heteroatoms. The van der Waals surface area contributed by atoms with Gasteiger partial charge in [0.2, 0.25) is 0 Å². The minimum Gasteiger partial charge on any atom is -0.480 e. The standard InChI is InChI=1S/C14H17BrClNO4/c1-14(2,3)21-13(20)17-11(12(18)19)6-8-4-5-9(16)7-10(8)15/h4-5,7,11H,6H2,1-3H3,(H,17,20)(H,18,19). The van der Waals surface area contributed by atoms with E-state index < -0.39 is 23.7 Å². The number of benzene rings is 1. The number of carbonyl (C=O) groups is 2. The number of hydrogen-bond donors (Lipinski definition) is 2. The summed E-state index contributed by atoms with van der Waals surface area (Å²) in [6.45, 7) is 5.12. The van der Waals surface area contributed by atoms with Crippen molar-refractivity contribution in [3.63, 3.8) is 0 Å². The van der Waals surface area contributed by atoms with E-state index in [1.165, 1.54) is 0 Å². The minimum absolute atomic E-state index is 0.117. The molecule has 0 heterocycles. The Labute approximate surface area is 136 Å². The molecule has 1 atom stereocenters. The monoisotopic (exact) mass is 377 g/mol. The van der Waals surface area contributed by atoms with Gasteiger partial charge in [0.1, 0.15) is 11.6 Å². The van der Waals surface area contributed by atoms with Crippen LogP contribution >= 0.6 is 27.5 Å². The Kier molecular flexibility index (Phi) is 6.04. The summed E-state index contributed by atoms with van der Waals surface area (Å²) in [5.74, 6) is -1.14. The van der Waals surface area contributed by atoms with Gasteiger partial charge in [-0.05, 0) is 38.5 Å². The van der Waals surface area contributed by atoms with Gasteiger partial charge in [0.15, 0.2) is 0 Å². The Balaban J connectivity index is 2.79. The van der Waals surface area contributed by atoms with E-state index in [9.17, 15) is 14.7 Å². The number of amides is 1. The zero-order valence-corrected chi connectivity index (χ0v) is 14.3. The lowest BCUT2D eigenvalue weighted by molar-refractivity contribution is -0.139. The first kappa shape index (κ1) is 17.8. The van der Waals surface area contributed by atoms with Crippen LogP contribution in [0.3, 0.4) is 0 Å². The van der Waals surface area contributed by atoms with Crippen LogP contribution in [0, 0.1) is 0 Å². The molecule has 1 aromatic carbocycles. The molecule has 0 aliphatic rings. The molecule has 0 saturated carbocycles. The molecule has 1 aromatic rings. The van der Waals surface area contributed by atoms with Gasteiger partial charge >= 0.3 is 12.1 Å². The molecular formula is C14H17BrClNO4. The first-order chi connectivity index (χ1) is 9.58. The number of carboxylic acids is 1. The van der Waals surface area contributed by atoms with Crippen LogP contribution in [0.2, 0.25) is 5.02 Å². The van der Waals surface area contributed by atoms with Crippen molar-refractivity contribution in [1.82, 2.24) is 5.32 Å². The fourth-order valence-corrected chi connectivity index (χ4v) is 2.40. The van der Waals surface area contributed by atoms with Crippen molar-refractivity contribution in [3.05, 3.63) is 33.3 Å². The molecule has 1 unspecified atom stereocenters. The van der Waals surface area contributed by atoms with Crippen LogP contribution in [0.1, 0.15) is 26.3 Å². The highest BCUT2D eigenvalue weighted by Gasteiger charge is 2.24. The lowest BCUT2D eigenvalue weighted by Crippen LogP contribution is -2.44. The largest absolute Gasteiger partial charge is 0.480 e. The average molecular weight is 379 g/mol. The fraction of sp³-hybridized carbons (Fsp3) is 0.429. The maximum Gasteiger partial charge on any atom is 0.408 e. The number of nitrogens with one attached hydrogen (secondary N) is 1. The van der Waals surface area contributed by atoms with Crippen LogP contribution in [-0.2, 0) is 16.0 Å². The highest BCUT2D eigenvalue weighted by Crippen LogP contribution is 2.22. The van der Waals surface area contributed by atoms with E-state index in [0.29, 0.717) is 9.50 Å². The topological polar surface area (TPSA) is 75.6 Å². The minimum atomic E-state index is -1.14. The number of rotatable bonds is 4. The Morgan fingerprint density at radius 2 is 2.05 bits per heavy atom. The number of halogens is 2. The van der Waals surface area contributed by atoms with Gasteiger partial charge in [-0.1, -0.05) is 33.6 Å². The van der Waals surface area contributed by atoms with E-state index in [2.05, 4.69) is 21.2 Å². The summed E-state index contributed by atoms with van der Waals surface area (Å²) in [5, 5.41) is 12.1. The molecule has 1 rings (SSSR count). The SMILES string of the molecule is CC(C)(C)OC(=O)NC(Cc1ccc(Cl)cc1Br)C(=O)O. The molecule has 0 aliphatic heterocycles. The summed E-state index contributed by atoms with van der Waals surface area (Å²) in [4.78, 5) is 22.9. The Morgan fingerprint density at radius 3 is 2.52 bits per heavy atom. The number of carbonyl (C=O) groups excluding carboxylic acids is 1. The fourth-order valence-electron chi connectivity index (χ4n) is 1.56. The molecule has 0 aromatic heterocycles. The van der Waals surface area contributed by atoms with Crippen molar-refractivity contribution in [2.45, 2.75) is 38.8 Å². The van der Waals surface area contributed by atoms with Gasteiger partial charge in [0.05, 0.1) is 0 Å². The van der Waals surface area contributed by atoms with Gasteiger partial charge in [0, 0.05) is 15.9 Å². The summed E-state index contributed by atoms with van der Waals surface area (Å²) >= 11 is 9.16. The second-order valence-electron chi connectivity index (χ2n) is 5.48. The smallest absolute Gasteiger partial charge is 0.408 e. The molecule has 21 heavy (non-hydrogen) atoms. The maximum atomic E-state index is 11.7. The molecule has 1 amide bonds. The van der Waals surface area contributed by atoms with Gasteiger partial charge in [-0.2, -0.15) is 0 Å². The molecule has 0 radical (unpaired) electrons. The van der Waals surface area contributed by atoms with Gasteiger partial charge in [-0.15, -0.1) is 0 Å². The lowest BCUT2D eigenvalue weighted by atomic mass is 10.1. The summed E-state index contributed by atoms with van der Waals surface area (Å²) in [6, 6.07) is 3.95. The van der Waals surface area contributed by atoms with Crippen LogP contribution in [0.4, 0.5) is 4.79 Å².